The highest BCUT2D eigenvalue weighted by Gasteiger charge is 2.16. The zero-order valence-electron chi connectivity index (χ0n) is 5.69. The Labute approximate surface area is 57.9 Å². The van der Waals surface area contributed by atoms with Gasteiger partial charge in [-0.25, -0.2) is 0 Å². The summed E-state index contributed by atoms with van der Waals surface area (Å²) in [7, 11) is 0. The number of halogens is 3. The lowest BCUT2D eigenvalue weighted by Crippen LogP contribution is -2.10. The summed E-state index contributed by atoms with van der Waals surface area (Å²) < 4.78 is 38.9. The predicted molar refractivity (Wildman–Crippen MR) is 34.7 cm³/mol. The molecule has 0 saturated heterocycles. The van der Waals surface area contributed by atoms with Crippen LogP contribution in [0.25, 0.3) is 0 Å². The lowest BCUT2D eigenvalue weighted by Gasteiger charge is -2.05. The standard InChI is InChI=1S/C5H9BF3O/c1-2-10-5-3-4-6(7,8)9/h3-4H,2,5H2,1H3/q-1/b4-3+. The molecule has 0 aliphatic heterocycles. The Kier molecular flexibility index (Phi) is 4.19. The van der Waals surface area contributed by atoms with E-state index in [0.29, 0.717) is 6.61 Å². The van der Waals surface area contributed by atoms with Crippen LogP contribution >= 0.6 is 0 Å². The predicted octanol–water partition coefficient (Wildman–Crippen LogP) is 1.97. The quantitative estimate of drug-likeness (QED) is 0.443. The van der Waals surface area contributed by atoms with E-state index in [1.807, 2.05) is 0 Å². The Morgan fingerprint density at radius 1 is 1.40 bits per heavy atom. The Hall–Kier alpha value is -0.445. The van der Waals surface area contributed by atoms with Crippen LogP contribution in [0.3, 0.4) is 0 Å². The van der Waals surface area contributed by atoms with Crippen LogP contribution in [0.2, 0.25) is 0 Å². The maximum Gasteiger partial charge on any atom is 0.502 e. The highest BCUT2D eigenvalue weighted by Crippen LogP contribution is 2.08. The number of hydrogen-bond acceptors (Lipinski definition) is 1. The van der Waals surface area contributed by atoms with E-state index in [9.17, 15) is 12.9 Å². The van der Waals surface area contributed by atoms with Gasteiger partial charge in [0, 0.05) is 6.61 Å². The molecule has 0 radical (unpaired) electrons. The van der Waals surface area contributed by atoms with E-state index < -0.39 is 6.98 Å². The maximum absolute atomic E-state index is 11.4. The van der Waals surface area contributed by atoms with Crippen LogP contribution in [-0.2, 0) is 4.74 Å². The number of hydrogen-bond donors (Lipinski definition) is 0. The molecule has 0 N–H and O–H groups in total. The minimum atomic E-state index is -4.78. The SMILES string of the molecule is CCOC/C=C/[B-](F)(F)F. The van der Waals surface area contributed by atoms with Crippen LogP contribution < -0.4 is 0 Å². The molecule has 0 atom stereocenters. The molecule has 0 aromatic rings. The summed E-state index contributed by atoms with van der Waals surface area (Å²) in [4.78, 5) is 0. The Morgan fingerprint density at radius 3 is 2.40 bits per heavy atom. The minimum Gasteiger partial charge on any atom is -0.445 e. The molecule has 0 aliphatic carbocycles. The number of ether oxygens (including phenoxy) is 1. The van der Waals surface area contributed by atoms with Crippen molar-refractivity contribution in [1.82, 2.24) is 0 Å². The summed E-state index contributed by atoms with van der Waals surface area (Å²) in [5.74, 6) is 0.232. The summed E-state index contributed by atoms with van der Waals surface area (Å²) in [6.45, 7) is -2.57. The van der Waals surface area contributed by atoms with Gasteiger partial charge in [0.15, 0.2) is 0 Å². The van der Waals surface area contributed by atoms with Crippen molar-refractivity contribution in [3.8, 4) is 0 Å². The summed E-state index contributed by atoms with van der Waals surface area (Å²) in [5.41, 5.74) is 0. The van der Waals surface area contributed by atoms with Gasteiger partial charge < -0.3 is 17.7 Å². The summed E-state index contributed by atoms with van der Waals surface area (Å²) in [5, 5.41) is 0. The molecule has 0 fully saturated rings. The van der Waals surface area contributed by atoms with Gasteiger partial charge in [-0.2, -0.15) is 0 Å². The normalized spacial score (nSPS) is 12.8. The third kappa shape index (κ3) is 7.55. The molecule has 60 valence electrons. The fourth-order valence-corrected chi connectivity index (χ4v) is 0.396. The van der Waals surface area contributed by atoms with Gasteiger partial charge in [0.1, 0.15) is 0 Å². The van der Waals surface area contributed by atoms with Gasteiger partial charge in [-0.1, -0.05) is 6.08 Å². The van der Waals surface area contributed by atoms with Crippen LogP contribution in [-0.4, -0.2) is 20.2 Å². The number of rotatable bonds is 4. The van der Waals surface area contributed by atoms with Gasteiger partial charge in [-0.05, 0) is 6.92 Å². The topological polar surface area (TPSA) is 9.23 Å². The molecule has 0 unspecified atom stereocenters. The average molecular weight is 153 g/mol. The van der Waals surface area contributed by atoms with E-state index in [1.54, 1.807) is 6.92 Å². The lowest BCUT2D eigenvalue weighted by molar-refractivity contribution is 0.177. The summed E-state index contributed by atoms with van der Waals surface area (Å²) in [6, 6.07) is 0. The molecular formula is C5H9BF3O-. The fourth-order valence-electron chi connectivity index (χ4n) is 0.396. The first-order chi connectivity index (χ1) is 4.56. The van der Waals surface area contributed by atoms with Crippen molar-refractivity contribution in [3.05, 3.63) is 12.1 Å². The van der Waals surface area contributed by atoms with Crippen molar-refractivity contribution in [2.45, 2.75) is 6.92 Å². The molecule has 0 amide bonds. The third-order valence-electron chi connectivity index (χ3n) is 0.773. The lowest BCUT2D eigenvalue weighted by atomic mass is 9.92. The van der Waals surface area contributed by atoms with Crippen molar-refractivity contribution in [3.63, 3.8) is 0 Å². The Bertz CT molecular complexity index is 110. The van der Waals surface area contributed by atoms with Gasteiger partial charge in [0.05, 0.1) is 6.61 Å². The highest BCUT2D eigenvalue weighted by atomic mass is 19.4. The second kappa shape index (κ2) is 4.38. The zero-order valence-corrected chi connectivity index (χ0v) is 5.69. The van der Waals surface area contributed by atoms with Crippen LogP contribution in [0, 0.1) is 0 Å². The molecular weight excluding hydrogens is 144 g/mol. The largest absolute Gasteiger partial charge is 0.502 e. The monoisotopic (exact) mass is 153 g/mol. The van der Waals surface area contributed by atoms with E-state index in [0.717, 1.165) is 6.08 Å². The molecule has 0 rings (SSSR count). The molecule has 1 nitrogen and oxygen atoms in total. The van der Waals surface area contributed by atoms with E-state index in [1.165, 1.54) is 0 Å². The van der Waals surface area contributed by atoms with Crippen molar-refractivity contribution >= 4 is 6.98 Å². The molecule has 0 aliphatic rings. The first-order valence-electron chi connectivity index (χ1n) is 3.01. The van der Waals surface area contributed by atoms with Crippen LogP contribution in [0.5, 0.6) is 0 Å². The van der Waals surface area contributed by atoms with Crippen molar-refractivity contribution in [2.75, 3.05) is 13.2 Å². The fraction of sp³-hybridized carbons (Fsp3) is 0.600. The van der Waals surface area contributed by atoms with Gasteiger partial charge in [0.25, 0.3) is 0 Å². The van der Waals surface area contributed by atoms with Gasteiger partial charge >= 0.3 is 6.98 Å². The average Bonchev–Trinajstić information content (AvgIpc) is 1.78. The summed E-state index contributed by atoms with van der Waals surface area (Å²) >= 11 is 0. The molecule has 10 heavy (non-hydrogen) atoms. The smallest absolute Gasteiger partial charge is 0.445 e. The molecule has 0 bridgehead atoms. The van der Waals surface area contributed by atoms with Crippen LogP contribution in [0.1, 0.15) is 6.92 Å². The molecule has 0 spiro atoms. The van der Waals surface area contributed by atoms with E-state index in [-0.39, 0.29) is 12.6 Å². The Balaban J connectivity index is 3.37. The van der Waals surface area contributed by atoms with Crippen LogP contribution in [0.15, 0.2) is 12.1 Å². The van der Waals surface area contributed by atoms with Gasteiger partial charge in [-0.15, -0.1) is 5.98 Å². The Morgan fingerprint density at radius 2 is 2.00 bits per heavy atom. The highest BCUT2D eigenvalue weighted by molar-refractivity contribution is 6.64. The molecule has 0 saturated carbocycles. The molecule has 0 heterocycles. The van der Waals surface area contributed by atoms with E-state index >= 15 is 0 Å². The van der Waals surface area contributed by atoms with Crippen molar-refractivity contribution < 1.29 is 17.7 Å². The molecule has 0 aromatic heterocycles. The van der Waals surface area contributed by atoms with Gasteiger partial charge in [0.2, 0.25) is 0 Å². The first-order valence-corrected chi connectivity index (χ1v) is 3.01. The van der Waals surface area contributed by atoms with Crippen LogP contribution in [0.4, 0.5) is 12.9 Å². The van der Waals surface area contributed by atoms with E-state index in [2.05, 4.69) is 4.74 Å². The second-order valence-electron chi connectivity index (χ2n) is 1.71. The summed E-state index contributed by atoms with van der Waals surface area (Å²) in [6.07, 6.45) is 0.976. The first kappa shape index (κ1) is 9.55. The van der Waals surface area contributed by atoms with Crippen molar-refractivity contribution in [2.24, 2.45) is 0 Å². The second-order valence-corrected chi connectivity index (χ2v) is 1.71. The molecule has 5 heteroatoms. The van der Waals surface area contributed by atoms with Gasteiger partial charge in [-0.3, -0.25) is 0 Å². The third-order valence-corrected chi connectivity index (χ3v) is 0.773. The zero-order chi connectivity index (χ0) is 8.04. The van der Waals surface area contributed by atoms with Crippen molar-refractivity contribution in [1.29, 1.82) is 0 Å². The maximum atomic E-state index is 11.4. The van der Waals surface area contributed by atoms with E-state index in [4.69, 9.17) is 0 Å². The molecule has 0 aromatic carbocycles. The minimum absolute atomic E-state index is 0.0394.